The number of ether oxygens (including phenoxy) is 1. The molecule has 3 aliphatic rings. The Labute approximate surface area is 105 Å². The van der Waals surface area contributed by atoms with E-state index in [4.69, 9.17) is 4.74 Å². The molecule has 0 aromatic carbocycles. The highest BCUT2D eigenvalue weighted by Gasteiger charge is 2.32. The summed E-state index contributed by atoms with van der Waals surface area (Å²) in [5.74, 6) is 0.899. The lowest BCUT2D eigenvalue weighted by Crippen LogP contribution is -2.53. The lowest BCUT2D eigenvalue weighted by Gasteiger charge is -2.42. The van der Waals surface area contributed by atoms with Crippen molar-refractivity contribution in [3.63, 3.8) is 0 Å². The second-order valence-corrected chi connectivity index (χ2v) is 6.16. The molecule has 3 nitrogen and oxygen atoms in total. The summed E-state index contributed by atoms with van der Waals surface area (Å²) in [6.45, 7) is 7.18. The van der Waals surface area contributed by atoms with Gasteiger partial charge in [-0.25, -0.2) is 0 Å². The summed E-state index contributed by atoms with van der Waals surface area (Å²) in [5, 5.41) is 3.68. The van der Waals surface area contributed by atoms with Crippen molar-refractivity contribution in [2.24, 2.45) is 5.92 Å². The number of nitrogens with one attached hydrogen (secondary N) is 1. The molecule has 0 aromatic rings. The lowest BCUT2D eigenvalue weighted by molar-refractivity contribution is 0.0144. The molecule has 0 bridgehead atoms. The molecular formula is C14H26N2O. The summed E-state index contributed by atoms with van der Waals surface area (Å²) in [6.07, 6.45) is 7.66. The fraction of sp³-hybridized carbons (Fsp3) is 1.00. The molecule has 4 atom stereocenters. The molecule has 3 heterocycles. The largest absolute Gasteiger partial charge is 0.374 e. The van der Waals surface area contributed by atoms with Crippen LogP contribution in [0.3, 0.4) is 0 Å². The first kappa shape index (κ1) is 11.9. The van der Waals surface area contributed by atoms with Crippen LogP contribution in [0.4, 0.5) is 0 Å². The summed E-state index contributed by atoms with van der Waals surface area (Å²) in [4.78, 5) is 2.65. The highest BCUT2D eigenvalue weighted by molar-refractivity contribution is 4.89. The van der Waals surface area contributed by atoms with Gasteiger partial charge in [-0.1, -0.05) is 0 Å². The lowest BCUT2D eigenvalue weighted by atomic mass is 9.85. The van der Waals surface area contributed by atoms with Crippen molar-refractivity contribution in [3.8, 4) is 0 Å². The third-order valence-electron chi connectivity index (χ3n) is 4.76. The van der Waals surface area contributed by atoms with Crippen LogP contribution in [0.15, 0.2) is 0 Å². The van der Waals surface area contributed by atoms with Gasteiger partial charge in [-0.3, -0.25) is 0 Å². The van der Waals surface area contributed by atoms with Crippen molar-refractivity contribution < 1.29 is 4.74 Å². The molecule has 3 aliphatic heterocycles. The van der Waals surface area contributed by atoms with E-state index in [1.54, 1.807) is 0 Å². The Bertz CT molecular complexity index is 257. The number of piperidine rings is 2. The molecule has 0 spiro atoms. The Morgan fingerprint density at radius 2 is 2.18 bits per heavy atom. The van der Waals surface area contributed by atoms with Crippen LogP contribution in [0.2, 0.25) is 0 Å². The van der Waals surface area contributed by atoms with Gasteiger partial charge in [0, 0.05) is 19.1 Å². The minimum Gasteiger partial charge on any atom is -0.374 e. The summed E-state index contributed by atoms with van der Waals surface area (Å²) in [6, 6.07) is 0.809. The van der Waals surface area contributed by atoms with Crippen molar-refractivity contribution in [1.82, 2.24) is 10.2 Å². The summed E-state index contributed by atoms with van der Waals surface area (Å²) in [5.41, 5.74) is 0. The zero-order chi connectivity index (χ0) is 11.7. The van der Waals surface area contributed by atoms with E-state index >= 15 is 0 Å². The van der Waals surface area contributed by atoms with E-state index in [-0.39, 0.29) is 0 Å². The van der Waals surface area contributed by atoms with E-state index in [1.165, 1.54) is 58.3 Å². The number of fused-ring (bicyclic) bond motifs is 1. The molecule has 0 amide bonds. The van der Waals surface area contributed by atoms with Gasteiger partial charge in [0.1, 0.15) is 0 Å². The Morgan fingerprint density at radius 3 is 3.00 bits per heavy atom. The third-order valence-corrected chi connectivity index (χ3v) is 4.76. The molecular weight excluding hydrogens is 212 g/mol. The summed E-state index contributed by atoms with van der Waals surface area (Å²) in [7, 11) is 0. The molecule has 4 unspecified atom stereocenters. The second kappa shape index (κ2) is 5.25. The third kappa shape index (κ3) is 2.83. The van der Waals surface area contributed by atoms with Crippen LogP contribution < -0.4 is 5.32 Å². The van der Waals surface area contributed by atoms with Gasteiger partial charge in [-0.15, -0.1) is 0 Å². The average molecular weight is 238 g/mol. The van der Waals surface area contributed by atoms with Crippen molar-refractivity contribution in [2.75, 3.05) is 26.2 Å². The first-order valence-electron chi connectivity index (χ1n) is 7.42. The molecule has 0 radical (unpaired) electrons. The van der Waals surface area contributed by atoms with Crippen LogP contribution >= 0.6 is 0 Å². The monoisotopic (exact) mass is 238 g/mol. The van der Waals surface area contributed by atoms with E-state index in [0.717, 1.165) is 12.0 Å². The molecule has 98 valence electrons. The molecule has 0 saturated carbocycles. The van der Waals surface area contributed by atoms with Crippen LogP contribution in [-0.4, -0.2) is 49.3 Å². The maximum absolute atomic E-state index is 5.94. The highest BCUT2D eigenvalue weighted by Crippen LogP contribution is 2.26. The molecule has 3 heteroatoms. The van der Waals surface area contributed by atoms with E-state index in [2.05, 4.69) is 17.1 Å². The van der Waals surface area contributed by atoms with Crippen molar-refractivity contribution >= 4 is 0 Å². The van der Waals surface area contributed by atoms with Gasteiger partial charge in [-0.2, -0.15) is 0 Å². The van der Waals surface area contributed by atoms with Gasteiger partial charge in [0.15, 0.2) is 0 Å². The van der Waals surface area contributed by atoms with Crippen LogP contribution in [-0.2, 0) is 4.74 Å². The predicted octanol–water partition coefficient (Wildman–Crippen LogP) is 1.63. The minimum atomic E-state index is 0.494. The SMILES string of the molecule is CC1CCC(CN2CCC3NCCCC3C2)O1. The van der Waals surface area contributed by atoms with Gasteiger partial charge >= 0.3 is 0 Å². The number of nitrogens with zero attached hydrogens (tertiary/aromatic N) is 1. The fourth-order valence-electron chi connectivity index (χ4n) is 3.79. The zero-order valence-electron chi connectivity index (χ0n) is 11.0. The molecule has 17 heavy (non-hydrogen) atoms. The van der Waals surface area contributed by atoms with E-state index in [9.17, 15) is 0 Å². The topological polar surface area (TPSA) is 24.5 Å². The second-order valence-electron chi connectivity index (χ2n) is 6.16. The van der Waals surface area contributed by atoms with Crippen molar-refractivity contribution in [2.45, 2.75) is 57.3 Å². The Balaban J connectivity index is 1.48. The van der Waals surface area contributed by atoms with E-state index < -0.39 is 0 Å². The quantitative estimate of drug-likeness (QED) is 0.791. The molecule has 0 aromatic heterocycles. The van der Waals surface area contributed by atoms with Crippen LogP contribution in [0.25, 0.3) is 0 Å². The number of rotatable bonds is 2. The summed E-state index contributed by atoms with van der Waals surface area (Å²) >= 11 is 0. The molecule has 3 rings (SSSR count). The van der Waals surface area contributed by atoms with Crippen molar-refractivity contribution in [3.05, 3.63) is 0 Å². The number of likely N-dealkylation sites (tertiary alicyclic amines) is 1. The Kier molecular flexibility index (Phi) is 3.69. The predicted molar refractivity (Wildman–Crippen MR) is 69.1 cm³/mol. The smallest absolute Gasteiger partial charge is 0.0706 e. The summed E-state index contributed by atoms with van der Waals surface area (Å²) < 4.78 is 5.94. The van der Waals surface area contributed by atoms with Crippen LogP contribution in [0.5, 0.6) is 0 Å². The number of hydrogen-bond acceptors (Lipinski definition) is 3. The van der Waals surface area contributed by atoms with Crippen molar-refractivity contribution in [1.29, 1.82) is 0 Å². The fourth-order valence-corrected chi connectivity index (χ4v) is 3.79. The first-order valence-corrected chi connectivity index (χ1v) is 7.42. The van der Waals surface area contributed by atoms with Gasteiger partial charge in [0.25, 0.3) is 0 Å². The van der Waals surface area contributed by atoms with Gasteiger partial charge < -0.3 is 15.0 Å². The average Bonchev–Trinajstić information content (AvgIpc) is 2.75. The van der Waals surface area contributed by atoms with Crippen LogP contribution in [0.1, 0.15) is 39.0 Å². The Morgan fingerprint density at radius 1 is 1.24 bits per heavy atom. The van der Waals surface area contributed by atoms with E-state index in [1.807, 2.05) is 0 Å². The van der Waals surface area contributed by atoms with E-state index in [0.29, 0.717) is 12.2 Å². The van der Waals surface area contributed by atoms with Crippen LogP contribution in [0, 0.1) is 5.92 Å². The maximum atomic E-state index is 5.94. The van der Waals surface area contributed by atoms with Gasteiger partial charge in [0.2, 0.25) is 0 Å². The molecule has 3 saturated heterocycles. The Hall–Kier alpha value is -0.120. The normalized spacial score (nSPS) is 43.6. The molecule has 3 fully saturated rings. The van der Waals surface area contributed by atoms with Gasteiger partial charge in [0.05, 0.1) is 12.2 Å². The number of hydrogen-bond donors (Lipinski definition) is 1. The standard InChI is InChI=1S/C14H26N2O/c1-11-4-5-13(17-11)10-16-8-6-14-12(9-16)3-2-7-15-14/h11-15H,2-10H2,1H3. The van der Waals surface area contributed by atoms with Gasteiger partial charge in [-0.05, 0) is 58.0 Å². The first-order chi connectivity index (χ1) is 8.31. The highest BCUT2D eigenvalue weighted by atomic mass is 16.5. The zero-order valence-corrected chi connectivity index (χ0v) is 11.0. The molecule has 1 N–H and O–H groups in total. The minimum absolute atomic E-state index is 0.494. The molecule has 0 aliphatic carbocycles. The maximum Gasteiger partial charge on any atom is 0.0706 e.